The van der Waals surface area contributed by atoms with Crippen LogP contribution < -0.4 is 5.32 Å². The van der Waals surface area contributed by atoms with Crippen LogP contribution in [0, 0.1) is 0 Å². The van der Waals surface area contributed by atoms with Gasteiger partial charge in [0.15, 0.2) is 9.84 Å². The van der Waals surface area contributed by atoms with Crippen LogP contribution in [0.25, 0.3) is 10.2 Å². The Morgan fingerprint density at radius 2 is 2.00 bits per heavy atom. The summed E-state index contributed by atoms with van der Waals surface area (Å²) in [7, 11) is -3.32. The summed E-state index contributed by atoms with van der Waals surface area (Å²) in [6.07, 6.45) is 0. The summed E-state index contributed by atoms with van der Waals surface area (Å²) in [6, 6.07) is 5.41. The normalized spacial score (nSPS) is 12.5. The van der Waals surface area contributed by atoms with Crippen molar-refractivity contribution in [3.63, 3.8) is 0 Å². The Bertz CT molecular complexity index is 802. The maximum Gasteiger partial charge on any atom is 0.239 e. The van der Waals surface area contributed by atoms with Crippen LogP contribution in [0.4, 0.5) is 5.69 Å². The van der Waals surface area contributed by atoms with Crippen LogP contribution in [0.2, 0.25) is 0 Å². The molecule has 0 radical (unpaired) electrons. The van der Waals surface area contributed by atoms with E-state index in [-0.39, 0.29) is 11.2 Å². The smallest absolute Gasteiger partial charge is 0.239 e. The van der Waals surface area contributed by atoms with Gasteiger partial charge in [0.1, 0.15) is 5.75 Å². The summed E-state index contributed by atoms with van der Waals surface area (Å²) in [4.78, 5) is 16.4. The number of hydrogen-bond acceptors (Lipinski definition) is 5. The molecule has 0 atom stereocenters. The highest BCUT2D eigenvalue weighted by Crippen LogP contribution is 2.32. The zero-order valence-electron chi connectivity index (χ0n) is 13.1. The van der Waals surface area contributed by atoms with Crippen LogP contribution in [0.15, 0.2) is 18.2 Å². The molecule has 1 aromatic carbocycles. The first-order valence-electron chi connectivity index (χ1n) is 7.02. The lowest BCUT2D eigenvalue weighted by Crippen LogP contribution is -2.23. The van der Waals surface area contributed by atoms with E-state index in [1.165, 1.54) is 6.92 Å². The number of carbonyl (C=O) groups is 1. The molecule has 1 amide bonds. The molecule has 2 rings (SSSR count). The van der Waals surface area contributed by atoms with E-state index in [9.17, 15) is 13.2 Å². The number of anilines is 1. The lowest BCUT2D eigenvalue weighted by atomic mass is 9.98. The third kappa shape index (κ3) is 4.04. The van der Waals surface area contributed by atoms with Crippen molar-refractivity contribution in [3.05, 3.63) is 23.2 Å². The highest BCUT2D eigenvalue weighted by molar-refractivity contribution is 7.92. The highest BCUT2D eigenvalue weighted by Gasteiger charge is 2.19. The van der Waals surface area contributed by atoms with Gasteiger partial charge in [0.2, 0.25) is 5.91 Å². The molecule has 7 heteroatoms. The molecule has 1 aromatic heterocycles. The number of rotatable bonds is 4. The SMILES string of the molecule is CCS(=O)(=O)CC(=O)Nc1ccc2nc(C(C)(C)C)sc2c1. The van der Waals surface area contributed by atoms with Gasteiger partial charge in [-0.25, -0.2) is 13.4 Å². The van der Waals surface area contributed by atoms with Crippen LogP contribution in [0.1, 0.15) is 32.7 Å². The lowest BCUT2D eigenvalue weighted by molar-refractivity contribution is -0.113. The fourth-order valence-corrected chi connectivity index (χ4v) is 3.56. The van der Waals surface area contributed by atoms with E-state index in [1.54, 1.807) is 17.4 Å². The number of amides is 1. The van der Waals surface area contributed by atoms with Crippen molar-refractivity contribution in [1.29, 1.82) is 0 Å². The van der Waals surface area contributed by atoms with E-state index in [1.807, 2.05) is 12.1 Å². The van der Waals surface area contributed by atoms with E-state index in [0.29, 0.717) is 5.69 Å². The number of fused-ring (bicyclic) bond motifs is 1. The fraction of sp³-hybridized carbons (Fsp3) is 0.467. The molecule has 0 unspecified atom stereocenters. The molecule has 0 spiro atoms. The third-order valence-electron chi connectivity index (χ3n) is 3.10. The first-order valence-corrected chi connectivity index (χ1v) is 9.66. The second-order valence-corrected chi connectivity index (χ2v) is 9.56. The van der Waals surface area contributed by atoms with E-state index < -0.39 is 21.5 Å². The van der Waals surface area contributed by atoms with E-state index >= 15 is 0 Å². The van der Waals surface area contributed by atoms with Crippen LogP contribution in [0.3, 0.4) is 0 Å². The van der Waals surface area contributed by atoms with Gasteiger partial charge in [0.05, 0.1) is 15.2 Å². The molecule has 0 aliphatic heterocycles. The number of nitrogens with one attached hydrogen (secondary N) is 1. The molecule has 0 saturated heterocycles. The summed E-state index contributed by atoms with van der Waals surface area (Å²) in [5, 5.41) is 3.66. The van der Waals surface area contributed by atoms with Crippen molar-refractivity contribution in [2.75, 3.05) is 16.8 Å². The maximum atomic E-state index is 11.8. The van der Waals surface area contributed by atoms with Crippen molar-refractivity contribution in [3.8, 4) is 0 Å². The molecular formula is C15H20N2O3S2. The van der Waals surface area contributed by atoms with E-state index in [4.69, 9.17) is 0 Å². The fourth-order valence-electron chi connectivity index (χ4n) is 1.82. The largest absolute Gasteiger partial charge is 0.325 e. The zero-order valence-corrected chi connectivity index (χ0v) is 14.8. The molecule has 2 aromatic rings. The lowest BCUT2D eigenvalue weighted by Gasteiger charge is -2.13. The van der Waals surface area contributed by atoms with Gasteiger partial charge in [-0.3, -0.25) is 4.79 Å². The minimum absolute atomic E-state index is 0.0255. The van der Waals surface area contributed by atoms with Crippen LogP contribution in [-0.2, 0) is 20.0 Å². The van der Waals surface area contributed by atoms with E-state index in [2.05, 4.69) is 31.1 Å². The molecule has 1 N–H and O–H groups in total. The summed E-state index contributed by atoms with van der Waals surface area (Å²) in [6.45, 7) is 7.83. The minimum atomic E-state index is -3.32. The summed E-state index contributed by atoms with van der Waals surface area (Å²) in [5.41, 5.74) is 1.45. The Balaban J connectivity index is 2.21. The van der Waals surface area contributed by atoms with Crippen molar-refractivity contribution in [2.24, 2.45) is 0 Å². The molecule has 0 aliphatic rings. The van der Waals surface area contributed by atoms with E-state index in [0.717, 1.165) is 15.2 Å². The van der Waals surface area contributed by atoms with Crippen LogP contribution >= 0.6 is 11.3 Å². The molecular weight excluding hydrogens is 320 g/mol. The van der Waals surface area contributed by atoms with Gasteiger partial charge in [0, 0.05) is 16.9 Å². The number of nitrogens with zero attached hydrogens (tertiary/aromatic N) is 1. The summed E-state index contributed by atoms with van der Waals surface area (Å²) < 4.78 is 23.9. The van der Waals surface area contributed by atoms with Crippen molar-refractivity contribution in [1.82, 2.24) is 4.98 Å². The van der Waals surface area contributed by atoms with Crippen molar-refractivity contribution >= 4 is 43.0 Å². The quantitative estimate of drug-likeness (QED) is 0.928. The Morgan fingerprint density at radius 3 is 2.59 bits per heavy atom. The minimum Gasteiger partial charge on any atom is -0.325 e. The second-order valence-electron chi connectivity index (χ2n) is 6.18. The second kappa shape index (κ2) is 5.96. The monoisotopic (exact) mass is 340 g/mol. The predicted octanol–water partition coefficient (Wildman–Crippen LogP) is 2.97. The number of aromatic nitrogens is 1. The summed E-state index contributed by atoms with van der Waals surface area (Å²) in [5.74, 6) is -1.04. The molecule has 120 valence electrons. The van der Waals surface area contributed by atoms with Gasteiger partial charge in [-0.1, -0.05) is 27.7 Å². The third-order valence-corrected chi connectivity index (χ3v) is 6.13. The molecule has 0 fully saturated rings. The number of carbonyl (C=O) groups excluding carboxylic acids is 1. The average Bonchev–Trinajstić information content (AvgIpc) is 2.81. The Hall–Kier alpha value is -1.47. The first-order chi connectivity index (χ1) is 10.1. The van der Waals surface area contributed by atoms with Crippen molar-refractivity contribution in [2.45, 2.75) is 33.1 Å². The average molecular weight is 340 g/mol. The van der Waals surface area contributed by atoms with Gasteiger partial charge in [0.25, 0.3) is 0 Å². The number of sulfone groups is 1. The molecule has 0 bridgehead atoms. The zero-order chi connectivity index (χ0) is 16.5. The number of hydrogen-bond donors (Lipinski definition) is 1. The van der Waals surface area contributed by atoms with Gasteiger partial charge in [-0.15, -0.1) is 11.3 Å². The molecule has 5 nitrogen and oxygen atoms in total. The molecule has 22 heavy (non-hydrogen) atoms. The van der Waals surface area contributed by atoms with Gasteiger partial charge in [-0.2, -0.15) is 0 Å². The predicted molar refractivity (Wildman–Crippen MR) is 91.3 cm³/mol. The Labute approximate surface area is 134 Å². The van der Waals surface area contributed by atoms with Crippen LogP contribution in [0.5, 0.6) is 0 Å². The number of thiazole rings is 1. The Kier molecular flexibility index (Phi) is 4.58. The molecule has 0 aliphatic carbocycles. The Morgan fingerprint density at radius 1 is 1.32 bits per heavy atom. The van der Waals surface area contributed by atoms with Gasteiger partial charge >= 0.3 is 0 Å². The first kappa shape index (κ1) is 16.9. The van der Waals surface area contributed by atoms with Crippen molar-refractivity contribution < 1.29 is 13.2 Å². The highest BCUT2D eigenvalue weighted by atomic mass is 32.2. The number of benzene rings is 1. The topological polar surface area (TPSA) is 76.1 Å². The molecule has 1 heterocycles. The van der Waals surface area contributed by atoms with Gasteiger partial charge < -0.3 is 5.32 Å². The molecule has 0 saturated carbocycles. The maximum absolute atomic E-state index is 11.8. The van der Waals surface area contributed by atoms with Gasteiger partial charge in [-0.05, 0) is 18.2 Å². The van der Waals surface area contributed by atoms with Crippen LogP contribution in [-0.4, -0.2) is 30.8 Å². The standard InChI is InChI=1S/C15H20N2O3S2/c1-5-22(19,20)9-13(18)16-10-6-7-11-12(8-10)21-14(17-11)15(2,3)4/h6-8H,5,9H2,1-4H3,(H,16,18). The summed E-state index contributed by atoms with van der Waals surface area (Å²) >= 11 is 1.58.